The molecule has 0 aliphatic heterocycles. The number of aromatic nitrogens is 3. The second-order valence-corrected chi connectivity index (χ2v) is 6.51. The lowest BCUT2D eigenvalue weighted by atomic mass is 10.1. The fraction of sp³-hybridized carbons (Fsp3) is 0.250. The molecule has 1 amide bonds. The minimum Gasteiger partial charge on any atom is -0.367 e. The van der Waals surface area contributed by atoms with Crippen LogP contribution >= 0.6 is 0 Å². The average Bonchev–Trinajstić information content (AvgIpc) is 3.33. The van der Waals surface area contributed by atoms with Gasteiger partial charge in [0.2, 0.25) is 0 Å². The Hall–Kier alpha value is -3.15. The normalized spacial score (nSPS) is 13.4. The van der Waals surface area contributed by atoms with E-state index in [4.69, 9.17) is 0 Å². The molecule has 0 saturated heterocycles. The summed E-state index contributed by atoms with van der Waals surface area (Å²) in [5.74, 6) is 0.706. The Morgan fingerprint density at radius 1 is 1.12 bits per heavy atom. The molecular formula is C20H21N5O. The fourth-order valence-corrected chi connectivity index (χ4v) is 2.78. The van der Waals surface area contributed by atoms with Crippen molar-refractivity contribution >= 4 is 11.7 Å². The maximum atomic E-state index is 12.4. The largest absolute Gasteiger partial charge is 0.367 e. The Labute approximate surface area is 152 Å². The number of nitrogens with one attached hydrogen (secondary N) is 2. The van der Waals surface area contributed by atoms with Crippen LogP contribution in [0.2, 0.25) is 0 Å². The molecule has 6 nitrogen and oxygen atoms in total. The summed E-state index contributed by atoms with van der Waals surface area (Å²) in [7, 11) is 0. The molecule has 1 aliphatic carbocycles. The maximum Gasteiger partial charge on any atom is 0.253 e. The van der Waals surface area contributed by atoms with Gasteiger partial charge in [-0.25, -0.2) is 4.98 Å². The number of pyridine rings is 1. The Bertz CT molecular complexity index is 869. The summed E-state index contributed by atoms with van der Waals surface area (Å²) in [5, 5.41) is 10.5. The zero-order valence-corrected chi connectivity index (χ0v) is 14.4. The van der Waals surface area contributed by atoms with Gasteiger partial charge in [-0.05, 0) is 42.2 Å². The molecule has 1 fully saturated rings. The van der Waals surface area contributed by atoms with Crippen molar-refractivity contribution < 1.29 is 4.79 Å². The van der Waals surface area contributed by atoms with E-state index in [1.807, 2.05) is 47.3 Å². The van der Waals surface area contributed by atoms with Gasteiger partial charge in [-0.2, -0.15) is 5.10 Å². The first-order valence-electron chi connectivity index (χ1n) is 8.83. The predicted octanol–water partition coefficient (Wildman–Crippen LogP) is 2.83. The van der Waals surface area contributed by atoms with E-state index < -0.39 is 0 Å². The highest BCUT2D eigenvalue weighted by Crippen LogP contribution is 2.23. The molecular weight excluding hydrogens is 326 g/mol. The van der Waals surface area contributed by atoms with Crippen molar-refractivity contribution in [2.24, 2.45) is 0 Å². The van der Waals surface area contributed by atoms with Crippen molar-refractivity contribution in [1.29, 1.82) is 0 Å². The Balaban J connectivity index is 1.38. The zero-order valence-electron chi connectivity index (χ0n) is 14.4. The van der Waals surface area contributed by atoms with Gasteiger partial charge < -0.3 is 10.6 Å². The molecule has 0 unspecified atom stereocenters. The highest BCUT2D eigenvalue weighted by Gasteiger charge is 2.21. The molecule has 3 aromatic rings. The number of hydrogen-bond acceptors (Lipinski definition) is 4. The molecule has 6 heteroatoms. The number of carbonyl (C=O) groups is 1. The number of anilines is 1. The second-order valence-electron chi connectivity index (χ2n) is 6.51. The molecule has 0 bridgehead atoms. The number of carbonyl (C=O) groups excluding carboxylic acids is 1. The van der Waals surface area contributed by atoms with Gasteiger partial charge in [-0.1, -0.05) is 24.3 Å². The minimum atomic E-state index is -0.121. The van der Waals surface area contributed by atoms with Crippen molar-refractivity contribution in [2.45, 2.75) is 32.0 Å². The molecule has 132 valence electrons. The third-order valence-electron chi connectivity index (χ3n) is 4.40. The standard InChI is InChI=1S/C20H21N5O/c26-20(16-6-9-19(21-13-16)24-18-7-8-18)22-12-15-4-1-2-5-17(15)14-25-11-3-10-23-25/h1-6,9-11,13,18H,7-8,12,14H2,(H,21,24)(H,22,26). The number of amides is 1. The number of benzene rings is 1. The van der Waals surface area contributed by atoms with Gasteiger partial charge in [0.25, 0.3) is 5.91 Å². The van der Waals surface area contributed by atoms with E-state index in [9.17, 15) is 4.79 Å². The van der Waals surface area contributed by atoms with E-state index in [1.165, 1.54) is 12.8 Å². The van der Waals surface area contributed by atoms with E-state index in [1.54, 1.807) is 12.4 Å². The summed E-state index contributed by atoms with van der Waals surface area (Å²) >= 11 is 0. The van der Waals surface area contributed by atoms with E-state index in [2.05, 4.69) is 26.8 Å². The van der Waals surface area contributed by atoms with E-state index >= 15 is 0 Å². The van der Waals surface area contributed by atoms with Crippen LogP contribution in [0.4, 0.5) is 5.82 Å². The first-order chi connectivity index (χ1) is 12.8. The third kappa shape index (κ3) is 4.08. The van der Waals surface area contributed by atoms with Gasteiger partial charge in [0.05, 0.1) is 12.1 Å². The first kappa shape index (κ1) is 16.3. The minimum absolute atomic E-state index is 0.121. The maximum absolute atomic E-state index is 12.4. The summed E-state index contributed by atoms with van der Waals surface area (Å²) in [6.45, 7) is 1.15. The Kier molecular flexibility index (Phi) is 4.64. The van der Waals surface area contributed by atoms with Crippen LogP contribution in [0.3, 0.4) is 0 Å². The molecule has 1 saturated carbocycles. The van der Waals surface area contributed by atoms with Crippen LogP contribution in [-0.4, -0.2) is 26.7 Å². The molecule has 2 N–H and O–H groups in total. The zero-order chi connectivity index (χ0) is 17.8. The molecule has 0 spiro atoms. The van der Waals surface area contributed by atoms with E-state index in [0.29, 0.717) is 24.7 Å². The van der Waals surface area contributed by atoms with E-state index in [0.717, 1.165) is 16.9 Å². The predicted molar refractivity (Wildman–Crippen MR) is 99.8 cm³/mol. The molecule has 1 aromatic carbocycles. The van der Waals surface area contributed by atoms with Crippen LogP contribution < -0.4 is 10.6 Å². The van der Waals surface area contributed by atoms with Crippen molar-refractivity contribution in [2.75, 3.05) is 5.32 Å². The van der Waals surface area contributed by atoms with E-state index in [-0.39, 0.29) is 5.91 Å². The molecule has 4 rings (SSSR count). The highest BCUT2D eigenvalue weighted by atomic mass is 16.1. The van der Waals surface area contributed by atoms with Crippen molar-refractivity contribution in [3.05, 3.63) is 77.7 Å². The summed E-state index contributed by atoms with van der Waals surface area (Å²) < 4.78 is 1.87. The first-order valence-corrected chi connectivity index (χ1v) is 8.83. The number of hydrogen-bond donors (Lipinski definition) is 2. The molecule has 1 aliphatic rings. The number of rotatable bonds is 7. The molecule has 2 heterocycles. The monoisotopic (exact) mass is 347 g/mol. The summed E-state index contributed by atoms with van der Waals surface area (Å²) in [5.41, 5.74) is 2.78. The van der Waals surface area contributed by atoms with Crippen LogP contribution in [0.25, 0.3) is 0 Å². The third-order valence-corrected chi connectivity index (χ3v) is 4.40. The summed E-state index contributed by atoms with van der Waals surface area (Å²) in [4.78, 5) is 16.7. The molecule has 2 aromatic heterocycles. The topological polar surface area (TPSA) is 71.8 Å². The lowest BCUT2D eigenvalue weighted by Crippen LogP contribution is -2.24. The van der Waals surface area contributed by atoms with Gasteiger partial charge in [0.1, 0.15) is 5.82 Å². The van der Waals surface area contributed by atoms with Crippen LogP contribution in [0.5, 0.6) is 0 Å². The van der Waals surface area contributed by atoms with Gasteiger partial charge >= 0.3 is 0 Å². The lowest BCUT2D eigenvalue weighted by molar-refractivity contribution is 0.0950. The fourth-order valence-electron chi connectivity index (χ4n) is 2.78. The highest BCUT2D eigenvalue weighted by molar-refractivity contribution is 5.94. The summed E-state index contributed by atoms with van der Waals surface area (Å²) in [6, 6.07) is 14.2. The summed E-state index contributed by atoms with van der Waals surface area (Å²) in [6.07, 6.45) is 7.71. The van der Waals surface area contributed by atoms with Crippen molar-refractivity contribution in [3.8, 4) is 0 Å². The molecule has 0 radical (unpaired) electrons. The van der Waals surface area contributed by atoms with Crippen molar-refractivity contribution in [3.63, 3.8) is 0 Å². The second kappa shape index (κ2) is 7.39. The lowest BCUT2D eigenvalue weighted by Gasteiger charge is -2.11. The molecule has 0 atom stereocenters. The Morgan fingerprint density at radius 2 is 1.96 bits per heavy atom. The van der Waals surface area contributed by atoms with Gasteiger partial charge in [0, 0.05) is 31.2 Å². The molecule has 26 heavy (non-hydrogen) atoms. The Morgan fingerprint density at radius 3 is 2.65 bits per heavy atom. The van der Waals surface area contributed by atoms with Crippen LogP contribution in [-0.2, 0) is 13.1 Å². The number of nitrogens with zero attached hydrogens (tertiary/aromatic N) is 3. The SMILES string of the molecule is O=C(NCc1ccccc1Cn1cccn1)c1ccc(NC2CC2)nc1. The van der Waals surface area contributed by atoms with Gasteiger partial charge in [-0.15, -0.1) is 0 Å². The van der Waals surface area contributed by atoms with Crippen LogP contribution in [0.15, 0.2) is 61.1 Å². The average molecular weight is 347 g/mol. The van der Waals surface area contributed by atoms with Crippen LogP contribution in [0.1, 0.15) is 34.3 Å². The van der Waals surface area contributed by atoms with Gasteiger partial charge in [0.15, 0.2) is 0 Å². The quantitative estimate of drug-likeness (QED) is 0.689. The smallest absolute Gasteiger partial charge is 0.253 e. The van der Waals surface area contributed by atoms with Gasteiger partial charge in [-0.3, -0.25) is 9.48 Å². The van der Waals surface area contributed by atoms with Crippen LogP contribution in [0, 0.1) is 0 Å². The van der Waals surface area contributed by atoms with Crippen molar-refractivity contribution in [1.82, 2.24) is 20.1 Å².